The van der Waals surface area contributed by atoms with Gasteiger partial charge in [-0.15, -0.1) is 22.9 Å². The van der Waals surface area contributed by atoms with Crippen molar-refractivity contribution in [3.05, 3.63) is 17.0 Å². The Labute approximate surface area is 135 Å². The highest BCUT2D eigenvalue weighted by Crippen LogP contribution is 2.32. The first-order valence-electron chi connectivity index (χ1n) is 7.39. The van der Waals surface area contributed by atoms with Gasteiger partial charge < -0.3 is 0 Å². The largest absolute Gasteiger partial charge is 0.299 e. The zero-order chi connectivity index (χ0) is 15.0. The van der Waals surface area contributed by atoms with E-state index >= 15 is 0 Å². The van der Waals surface area contributed by atoms with Crippen LogP contribution in [0.4, 0.5) is 0 Å². The summed E-state index contributed by atoms with van der Waals surface area (Å²) in [5.41, 5.74) is 0. The lowest BCUT2D eigenvalue weighted by Crippen LogP contribution is -2.39. The predicted octanol–water partition coefficient (Wildman–Crippen LogP) is 2.39. The van der Waals surface area contributed by atoms with Crippen LogP contribution in [0.2, 0.25) is 0 Å². The zero-order valence-electron chi connectivity index (χ0n) is 12.2. The fourth-order valence-corrected chi connectivity index (χ4v) is 6.67. The summed E-state index contributed by atoms with van der Waals surface area (Å²) in [4.78, 5) is 3.40. The molecule has 0 saturated carbocycles. The molecule has 0 aliphatic carbocycles. The third kappa shape index (κ3) is 3.01. The van der Waals surface area contributed by atoms with Gasteiger partial charge in [0.2, 0.25) is 0 Å². The van der Waals surface area contributed by atoms with Crippen molar-refractivity contribution in [2.45, 2.75) is 42.0 Å². The fourth-order valence-electron chi connectivity index (χ4n) is 3.35. The van der Waals surface area contributed by atoms with Crippen LogP contribution in [0.25, 0.3) is 0 Å². The Morgan fingerprint density at radius 3 is 2.81 bits per heavy atom. The molecule has 3 heterocycles. The van der Waals surface area contributed by atoms with Crippen LogP contribution >= 0.6 is 22.9 Å². The first-order chi connectivity index (χ1) is 10.0. The van der Waals surface area contributed by atoms with Crippen molar-refractivity contribution < 1.29 is 8.42 Å². The van der Waals surface area contributed by atoms with Crippen LogP contribution in [0, 0.1) is 0 Å². The molecule has 2 unspecified atom stereocenters. The number of fused-ring (bicyclic) bond motifs is 2. The SMILES string of the molecule is CN1C2CCC1CN(S(=O)(=O)c1ccc(CCCl)s1)CC2. The maximum absolute atomic E-state index is 12.8. The second-order valence-electron chi connectivity index (χ2n) is 5.86. The normalized spacial score (nSPS) is 27.9. The zero-order valence-corrected chi connectivity index (χ0v) is 14.6. The molecule has 3 rings (SSSR count). The Kier molecular flexibility index (Phi) is 4.62. The van der Waals surface area contributed by atoms with Gasteiger partial charge in [0.25, 0.3) is 10.0 Å². The number of aryl methyl sites for hydroxylation is 1. The highest BCUT2D eigenvalue weighted by molar-refractivity contribution is 7.91. The minimum absolute atomic E-state index is 0.370. The van der Waals surface area contributed by atoms with Crippen molar-refractivity contribution in [2.24, 2.45) is 0 Å². The van der Waals surface area contributed by atoms with E-state index in [1.807, 2.05) is 6.07 Å². The molecule has 4 nitrogen and oxygen atoms in total. The van der Waals surface area contributed by atoms with Gasteiger partial charge in [-0.05, 0) is 44.9 Å². The van der Waals surface area contributed by atoms with E-state index in [1.165, 1.54) is 17.8 Å². The van der Waals surface area contributed by atoms with Crippen LogP contribution in [0.1, 0.15) is 24.1 Å². The highest BCUT2D eigenvalue weighted by atomic mass is 35.5. The van der Waals surface area contributed by atoms with Gasteiger partial charge in [0.15, 0.2) is 0 Å². The average Bonchev–Trinajstić information content (AvgIpc) is 2.96. The van der Waals surface area contributed by atoms with Crippen molar-refractivity contribution in [1.82, 2.24) is 9.21 Å². The number of likely N-dealkylation sites (N-methyl/N-ethyl adjacent to an activating group) is 1. The summed E-state index contributed by atoms with van der Waals surface area (Å²) >= 11 is 7.09. The van der Waals surface area contributed by atoms with Crippen LogP contribution in [0.5, 0.6) is 0 Å². The quantitative estimate of drug-likeness (QED) is 0.784. The summed E-state index contributed by atoms with van der Waals surface area (Å²) in [6.45, 7) is 1.26. The van der Waals surface area contributed by atoms with Gasteiger partial charge in [-0.2, -0.15) is 4.31 Å². The molecular formula is C14H21ClN2O2S2. The summed E-state index contributed by atoms with van der Waals surface area (Å²) in [5, 5.41) is 0. The second-order valence-corrected chi connectivity index (χ2v) is 9.57. The third-order valence-corrected chi connectivity index (χ3v) is 8.35. The molecule has 1 aromatic rings. The van der Waals surface area contributed by atoms with Crippen molar-refractivity contribution in [1.29, 1.82) is 0 Å². The number of sulfonamides is 1. The molecule has 2 fully saturated rings. The number of halogens is 1. The second kappa shape index (κ2) is 6.16. The van der Waals surface area contributed by atoms with E-state index in [1.54, 1.807) is 10.4 Å². The molecule has 118 valence electrons. The molecule has 1 aromatic heterocycles. The molecule has 0 aromatic carbocycles. The van der Waals surface area contributed by atoms with E-state index in [2.05, 4.69) is 11.9 Å². The van der Waals surface area contributed by atoms with E-state index in [-0.39, 0.29) is 0 Å². The van der Waals surface area contributed by atoms with Gasteiger partial charge in [0.05, 0.1) is 0 Å². The molecule has 0 amide bonds. The van der Waals surface area contributed by atoms with Crippen LogP contribution in [0.3, 0.4) is 0 Å². The number of alkyl halides is 1. The smallest absolute Gasteiger partial charge is 0.252 e. The first kappa shape index (κ1) is 15.7. The lowest BCUT2D eigenvalue weighted by Gasteiger charge is -2.24. The Hall–Kier alpha value is -0.140. The van der Waals surface area contributed by atoms with Gasteiger partial charge in [-0.3, -0.25) is 4.90 Å². The standard InChI is InChI=1S/C14H21ClN2O2S2/c1-16-11-2-3-12(16)10-17(9-7-11)21(18,19)14-5-4-13(20-14)6-8-15/h4-5,11-12H,2-3,6-10H2,1H3. The molecule has 0 spiro atoms. The molecule has 7 heteroatoms. The van der Waals surface area contributed by atoms with E-state index in [0.717, 1.165) is 24.1 Å². The van der Waals surface area contributed by atoms with Crippen LogP contribution < -0.4 is 0 Å². The van der Waals surface area contributed by atoms with Crippen LogP contribution in [0.15, 0.2) is 16.3 Å². The molecular weight excluding hydrogens is 328 g/mol. The molecule has 21 heavy (non-hydrogen) atoms. The molecule has 2 aliphatic rings. The highest BCUT2D eigenvalue weighted by Gasteiger charge is 2.38. The molecule has 2 bridgehead atoms. The van der Waals surface area contributed by atoms with Gasteiger partial charge in [-0.1, -0.05) is 0 Å². The summed E-state index contributed by atoms with van der Waals surface area (Å²) < 4.78 is 27.8. The third-order valence-electron chi connectivity index (χ3n) is 4.68. The molecule has 0 N–H and O–H groups in total. The predicted molar refractivity (Wildman–Crippen MR) is 86.7 cm³/mol. The lowest BCUT2D eigenvalue weighted by molar-refractivity contribution is 0.247. The summed E-state index contributed by atoms with van der Waals surface area (Å²) in [6.07, 6.45) is 3.98. The van der Waals surface area contributed by atoms with Crippen molar-refractivity contribution in [3.63, 3.8) is 0 Å². The summed E-state index contributed by atoms with van der Waals surface area (Å²) in [5.74, 6) is 0.526. The Balaban J connectivity index is 1.81. The minimum Gasteiger partial charge on any atom is -0.299 e. The Bertz CT molecular complexity index is 602. The maximum atomic E-state index is 12.8. The van der Waals surface area contributed by atoms with E-state index in [0.29, 0.717) is 35.3 Å². The van der Waals surface area contributed by atoms with Gasteiger partial charge in [-0.25, -0.2) is 8.42 Å². The van der Waals surface area contributed by atoms with Crippen molar-refractivity contribution >= 4 is 33.0 Å². The monoisotopic (exact) mass is 348 g/mol. The van der Waals surface area contributed by atoms with Crippen molar-refractivity contribution in [2.75, 3.05) is 26.0 Å². The van der Waals surface area contributed by atoms with Gasteiger partial charge in [0.1, 0.15) is 4.21 Å². The molecule has 0 radical (unpaired) electrons. The summed E-state index contributed by atoms with van der Waals surface area (Å²) in [6, 6.07) is 4.53. The summed E-state index contributed by atoms with van der Waals surface area (Å²) in [7, 11) is -1.22. The Morgan fingerprint density at radius 1 is 1.29 bits per heavy atom. The fraction of sp³-hybridized carbons (Fsp3) is 0.714. The van der Waals surface area contributed by atoms with Crippen LogP contribution in [-0.2, 0) is 16.4 Å². The maximum Gasteiger partial charge on any atom is 0.252 e. The molecule has 2 aliphatic heterocycles. The Morgan fingerprint density at radius 2 is 2.05 bits per heavy atom. The first-order valence-corrected chi connectivity index (χ1v) is 10.2. The molecule has 2 atom stereocenters. The number of hydrogen-bond acceptors (Lipinski definition) is 4. The van der Waals surface area contributed by atoms with Crippen molar-refractivity contribution in [3.8, 4) is 0 Å². The minimum atomic E-state index is -3.35. The van der Waals surface area contributed by atoms with Crippen LogP contribution in [-0.4, -0.2) is 55.7 Å². The lowest BCUT2D eigenvalue weighted by atomic mass is 10.1. The van der Waals surface area contributed by atoms with E-state index in [9.17, 15) is 8.42 Å². The van der Waals surface area contributed by atoms with Gasteiger partial charge in [0, 0.05) is 35.9 Å². The number of nitrogens with zero attached hydrogens (tertiary/aromatic N) is 2. The van der Waals surface area contributed by atoms with E-state index in [4.69, 9.17) is 11.6 Å². The topological polar surface area (TPSA) is 40.6 Å². The van der Waals surface area contributed by atoms with Gasteiger partial charge >= 0.3 is 0 Å². The average molecular weight is 349 g/mol. The van der Waals surface area contributed by atoms with E-state index < -0.39 is 10.0 Å². The number of thiophene rings is 1. The number of rotatable bonds is 4. The number of hydrogen-bond donors (Lipinski definition) is 0. The molecule has 2 saturated heterocycles.